The largest absolute Gasteiger partial charge is 0.454 e. The summed E-state index contributed by atoms with van der Waals surface area (Å²) in [4.78, 5) is 4.25. The number of pyridine rings is 1. The van der Waals surface area contributed by atoms with Gasteiger partial charge in [0.25, 0.3) is 0 Å². The fraction of sp³-hybridized carbons (Fsp3) is 0.214. The van der Waals surface area contributed by atoms with Gasteiger partial charge in [0, 0.05) is 22.8 Å². The van der Waals surface area contributed by atoms with Crippen molar-refractivity contribution in [3.63, 3.8) is 0 Å². The first kappa shape index (κ1) is 12.4. The molecule has 1 unspecified atom stereocenters. The molecule has 0 radical (unpaired) electrons. The summed E-state index contributed by atoms with van der Waals surface area (Å²) < 4.78 is 11.5. The highest BCUT2D eigenvalue weighted by Crippen LogP contribution is 2.34. The van der Waals surface area contributed by atoms with E-state index in [1.54, 1.807) is 6.20 Å². The lowest BCUT2D eigenvalue weighted by molar-refractivity contribution is 0.171. The van der Waals surface area contributed by atoms with Crippen LogP contribution in [0.5, 0.6) is 11.5 Å². The topological polar surface area (TPSA) is 51.6 Å². The predicted molar refractivity (Wildman–Crippen MR) is 73.2 cm³/mol. The van der Waals surface area contributed by atoms with E-state index in [1.165, 1.54) is 0 Å². The van der Waals surface area contributed by atoms with Gasteiger partial charge in [-0.05, 0) is 45.8 Å². The van der Waals surface area contributed by atoms with E-state index in [0.717, 1.165) is 21.5 Å². The average molecular weight is 322 g/mol. The van der Waals surface area contributed by atoms with E-state index >= 15 is 0 Å². The van der Waals surface area contributed by atoms with Gasteiger partial charge in [-0.3, -0.25) is 4.98 Å². The third-order valence-corrected chi connectivity index (χ3v) is 3.44. The molecule has 2 heterocycles. The molecule has 0 fully saturated rings. The number of ether oxygens (including phenoxy) is 2. The molecule has 0 saturated heterocycles. The number of aromatic nitrogens is 1. The highest BCUT2D eigenvalue weighted by Gasteiger charge is 2.17. The summed E-state index contributed by atoms with van der Waals surface area (Å²) in [5, 5.41) is 10.2. The molecule has 0 bridgehead atoms. The van der Waals surface area contributed by atoms with E-state index in [1.807, 2.05) is 30.3 Å². The Morgan fingerprint density at radius 1 is 1.21 bits per heavy atom. The summed E-state index contributed by atoms with van der Waals surface area (Å²) in [7, 11) is 0. The highest BCUT2D eigenvalue weighted by atomic mass is 79.9. The number of nitrogens with zero attached hydrogens (tertiary/aromatic N) is 1. The van der Waals surface area contributed by atoms with Crippen LogP contribution in [-0.2, 0) is 6.42 Å². The van der Waals surface area contributed by atoms with Crippen LogP contribution >= 0.6 is 15.9 Å². The zero-order chi connectivity index (χ0) is 13.2. The van der Waals surface area contributed by atoms with Crippen molar-refractivity contribution in [3.05, 3.63) is 52.3 Å². The Morgan fingerprint density at radius 3 is 2.84 bits per heavy atom. The summed E-state index contributed by atoms with van der Waals surface area (Å²) in [5.74, 6) is 1.40. The number of hydrogen-bond donors (Lipinski definition) is 1. The van der Waals surface area contributed by atoms with Crippen molar-refractivity contribution in [2.24, 2.45) is 0 Å². The highest BCUT2D eigenvalue weighted by molar-refractivity contribution is 9.10. The number of fused-ring (bicyclic) bond motifs is 1. The Balaban J connectivity index is 1.76. The molecule has 0 aliphatic carbocycles. The molecule has 98 valence electrons. The zero-order valence-electron chi connectivity index (χ0n) is 10.0. The minimum atomic E-state index is -0.608. The van der Waals surface area contributed by atoms with Crippen LogP contribution in [0.15, 0.2) is 41.0 Å². The van der Waals surface area contributed by atoms with E-state index in [9.17, 15) is 5.11 Å². The summed E-state index contributed by atoms with van der Waals surface area (Å²) in [5.41, 5.74) is 1.64. The molecule has 0 spiro atoms. The minimum absolute atomic E-state index is 0.239. The van der Waals surface area contributed by atoms with Crippen LogP contribution in [0.1, 0.15) is 17.4 Å². The Hall–Kier alpha value is -1.59. The van der Waals surface area contributed by atoms with Gasteiger partial charge >= 0.3 is 0 Å². The predicted octanol–water partition coefficient (Wildman–Crippen LogP) is 2.85. The smallest absolute Gasteiger partial charge is 0.231 e. The Bertz CT molecular complexity index is 586. The van der Waals surface area contributed by atoms with Crippen molar-refractivity contribution in [3.8, 4) is 11.5 Å². The quantitative estimate of drug-likeness (QED) is 0.944. The zero-order valence-corrected chi connectivity index (χ0v) is 11.6. The van der Waals surface area contributed by atoms with E-state index in [2.05, 4.69) is 20.9 Å². The van der Waals surface area contributed by atoms with E-state index < -0.39 is 6.10 Å². The second kappa shape index (κ2) is 5.19. The Labute approximate surface area is 119 Å². The van der Waals surface area contributed by atoms with Crippen molar-refractivity contribution in [2.45, 2.75) is 12.5 Å². The summed E-state index contributed by atoms with van der Waals surface area (Å²) in [6, 6.07) is 9.27. The molecule has 1 aliphatic heterocycles. The molecule has 1 aromatic heterocycles. The van der Waals surface area contributed by atoms with Gasteiger partial charge in [0.1, 0.15) is 0 Å². The number of aliphatic hydroxyl groups is 1. The van der Waals surface area contributed by atoms with Gasteiger partial charge in [-0.15, -0.1) is 0 Å². The number of rotatable bonds is 3. The Morgan fingerprint density at radius 2 is 2.05 bits per heavy atom. The van der Waals surface area contributed by atoms with Gasteiger partial charge in [-0.1, -0.05) is 6.07 Å². The molecule has 1 aromatic carbocycles. The van der Waals surface area contributed by atoms with Gasteiger partial charge in [0.2, 0.25) is 6.79 Å². The van der Waals surface area contributed by atoms with Crippen molar-refractivity contribution in [2.75, 3.05) is 6.79 Å². The SMILES string of the molecule is OC(Cc1ccc(Br)cn1)c1ccc2c(c1)OCO2. The minimum Gasteiger partial charge on any atom is -0.454 e. The van der Waals surface area contributed by atoms with Gasteiger partial charge in [0.15, 0.2) is 11.5 Å². The van der Waals surface area contributed by atoms with Crippen LogP contribution in [0, 0.1) is 0 Å². The van der Waals surface area contributed by atoms with Crippen LogP contribution in [0.2, 0.25) is 0 Å². The standard InChI is InChI=1S/C14H12BrNO3/c15-10-2-3-11(16-7-10)6-12(17)9-1-4-13-14(5-9)19-8-18-13/h1-5,7,12,17H,6,8H2. The van der Waals surface area contributed by atoms with Crippen molar-refractivity contribution in [1.29, 1.82) is 0 Å². The maximum atomic E-state index is 10.2. The first-order valence-corrected chi connectivity index (χ1v) is 6.70. The molecular formula is C14H12BrNO3. The molecule has 2 aromatic rings. The molecule has 1 aliphatic rings. The number of hydrogen-bond acceptors (Lipinski definition) is 4. The molecular weight excluding hydrogens is 310 g/mol. The molecule has 0 saturated carbocycles. The second-order valence-corrected chi connectivity index (χ2v) is 5.22. The molecule has 1 atom stereocenters. The van der Waals surface area contributed by atoms with Gasteiger partial charge in [-0.2, -0.15) is 0 Å². The number of benzene rings is 1. The fourth-order valence-electron chi connectivity index (χ4n) is 1.96. The van der Waals surface area contributed by atoms with Crippen LogP contribution in [0.25, 0.3) is 0 Å². The van der Waals surface area contributed by atoms with E-state index in [4.69, 9.17) is 9.47 Å². The fourth-order valence-corrected chi connectivity index (χ4v) is 2.20. The molecule has 19 heavy (non-hydrogen) atoms. The van der Waals surface area contributed by atoms with E-state index in [-0.39, 0.29) is 6.79 Å². The molecule has 4 nitrogen and oxygen atoms in total. The summed E-state index contributed by atoms with van der Waals surface area (Å²) >= 11 is 3.33. The first-order chi connectivity index (χ1) is 9.22. The normalized spacial score (nSPS) is 14.4. The first-order valence-electron chi connectivity index (χ1n) is 5.90. The molecule has 0 amide bonds. The number of halogens is 1. The van der Waals surface area contributed by atoms with Gasteiger partial charge in [0.05, 0.1) is 6.10 Å². The third-order valence-electron chi connectivity index (χ3n) is 2.97. The maximum absolute atomic E-state index is 10.2. The lowest BCUT2D eigenvalue weighted by Gasteiger charge is -2.11. The summed E-state index contributed by atoms with van der Waals surface area (Å²) in [6.07, 6.45) is 1.58. The molecule has 1 N–H and O–H groups in total. The van der Waals surface area contributed by atoms with Crippen LogP contribution in [0.3, 0.4) is 0 Å². The van der Waals surface area contributed by atoms with Gasteiger partial charge < -0.3 is 14.6 Å². The van der Waals surface area contributed by atoms with Crippen molar-refractivity contribution in [1.82, 2.24) is 4.98 Å². The third kappa shape index (κ3) is 2.72. The lowest BCUT2D eigenvalue weighted by atomic mass is 10.0. The van der Waals surface area contributed by atoms with Crippen molar-refractivity contribution >= 4 is 15.9 Å². The lowest BCUT2D eigenvalue weighted by Crippen LogP contribution is -2.03. The molecule has 5 heteroatoms. The number of aliphatic hydroxyl groups excluding tert-OH is 1. The monoisotopic (exact) mass is 321 g/mol. The average Bonchev–Trinajstić information content (AvgIpc) is 2.88. The van der Waals surface area contributed by atoms with Crippen molar-refractivity contribution < 1.29 is 14.6 Å². The molecule has 3 rings (SSSR count). The van der Waals surface area contributed by atoms with Crippen LogP contribution in [0.4, 0.5) is 0 Å². The summed E-state index contributed by atoms with van der Waals surface area (Å²) in [6.45, 7) is 0.239. The van der Waals surface area contributed by atoms with Crippen LogP contribution < -0.4 is 9.47 Å². The second-order valence-electron chi connectivity index (χ2n) is 4.30. The van der Waals surface area contributed by atoms with Gasteiger partial charge in [-0.25, -0.2) is 0 Å². The maximum Gasteiger partial charge on any atom is 0.231 e. The van der Waals surface area contributed by atoms with E-state index in [0.29, 0.717) is 12.2 Å². The van der Waals surface area contributed by atoms with Crippen LogP contribution in [-0.4, -0.2) is 16.9 Å². The Kier molecular flexibility index (Phi) is 3.40.